The zero-order chi connectivity index (χ0) is 15.2. The van der Waals surface area contributed by atoms with Crippen LogP contribution in [-0.2, 0) is 4.74 Å². The summed E-state index contributed by atoms with van der Waals surface area (Å²) in [4.78, 5) is 0. The molecule has 0 spiro atoms. The lowest BCUT2D eigenvalue weighted by Gasteiger charge is -2.21. The van der Waals surface area contributed by atoms with Crippen LogP contribution in [0.5, 0.6) is 5.75 Å². The Bertz CT molecular complexity index is 415. The van der Waals surface area contributed by atoms with Gasteiger partial charge in [0, 0.05) is 17.7 Å². The summed E-state index contributed by atoms with van der Waals surface area (Å²) in [6.07, 6.45) is 0. The Morgan fingerprint density at radius 1 is 1.25 bits per heavy atom. The number of benzene rings is 1. The van der Waals surface area contributed by atoms with Crippen molar-refractivity contribution in [3.63, 3.8) is 0 Å². The molecule has 0 bridgehead atoms. The van der Waals surface area contributed by atoms with Gasteiger partial charge in [-0.3, -0.25) is 0 Å². The highest BCUT2D eigenvalue weighted by Gasteiger charge is 2.13. The van der Waals surface area contributed by atoms with Gasteiger partial charge in [0.15, 0.2) is 0 Å². The Hall–Kier alpha value is -1.13. The minimum absolute atomic E-state index is 0.124. The first kappa shape index (κ1) is 16.9. The Balaban J connectivity index is 2.65. The van der Waals surface area contributed by atoms with Gasteiger partial charge in [0.25, 0.3) is 0 Å². The van der Waals surface area contributed by atoms with Gasteiger partial charge < -0.3 is 14.8 Å². The van der Waals surface area contributed by atoms with Gasteiger partial charge >= 0.3 is 0 Å². The third-order valence-corrected chi connectivity index (χ3v) is 2.83. The molecule has 0 fully saturated rings. The molecule has 1 unspecified atom stereocenters. The molecule has 0 radical (unpaired) electrons. The molecule has 1 aromatic carbocycles. The van der Waals surface area contributed by atoms with Crippen LogP contribution in [0.3, 0.4) is 0 Å². The van der Waals surface area contributed by atoms with Crippen LogP contribution in [0.1, 0.15) is 46.2 Å². The summed E-state index contributed by atoms with van der Waals surface area (Å²) in [5, 5.41) is 3.30. The normalized spacial score (nSPS) is 13.3. The molecule has 3 nitrogen and oxygen atoms in total. The van der Waals surface area contributed by atoms with Gasteiger partial charge in [0.2, 0.25) is 0 Å². The molecule has 1 N–H and O–H groups in total. The molecule has 1 atom stereocenters. The second-order valence-electron chi connectivity index (χ2n) is 5.77. The van der Waals surface area contributed by atoms with Crippen molar-refractivity contribution < 1.29 is 13.9 Å². The van der Waals surface area contributed by atoms with Crippen molar-refractivity contribution in [2.24, 2.45) is 0 Å². The van der Waals surface area contributed by atoms with Gasteiger partial charge in [-0.25, -0.2) is 4.39 Å². The molecule has 0 aliphatic carbocycles. The van der Waals surface area contributed by atoms with Gasteiger partial charge in [-0.15, -0.1) is 0 Å². The zero-order valence-electron chi connectivity index (χ0n) is 13.1. The molecule has 0 saturated carbocycles. The van der Waals surface area contributed by atoms with E-state index in [0.717, 1.165) is 12.1 Å². The first-order valence-corrected chi connectivity index (χ1v) is 7.13. The third-order valence-electron chi connectivity index (χ3n) is 2.83. The van der Waals surface area contributed by atoms with Gasteiger partial charge in [-0.1, -0.05) is 13.0 Å². The van der Waals surface area contributed by atoms with Crippen LogP contribution in [0.2, 0.25) is 0 Å². The van der Waals surface area contributed by atoms with E-state index in [0.29, 0.717) is 19.0 Å². The fourth-order valence-corrected chi connectivity index (χ4v) is 1.91. The maximum atomic E-state index is 13.4. The van der Waals surface area contributed by atoms with E-state index in [9.17, 15) is 4.39 Å². The van der Waals surface area contributed by atoms with Crippen LogP contribution in [0.4, 0.5) is 4.39 Å². The van der Waals surface area contributed by atoms with Crippen molar-refractivity contribution in [1.82, 2.24) is 5.32 Å². The van der Waals surface area contributed by atoms with Crippen molar-refractivity contribution in [3.05, 3.63) is 29.6 Å². The number of ether oxygens (including phenoxy) is 2. The monoisotopic (exact) mass is 283 g/mol. The Labute approximate surface area is 121 Å². The van der Waals surface area contributed by atoms with Crippen LogP contribution in [-0.4, -0.2) is 25.4 Å². The average molecular weight is 283 g/mol. The predicted molar refractivity (Wildman–Crippen MR) is 79.7 cm³/mol. The molecule has 0 aromatic heterocycles. The number of rotatable bonds is 7. The summed E-state index contributed by atoms with van der Waals surface area (Å²) in [7, 11) is 0. The molecule has 0 aliphatic rings. The van der Waals surface area contributed by atoms with Gasteiger partial charge in [-0.2, -0.15) is 0 Å². The van der Waals surface area contributed by atoms with Crippen molar-refractivity contribution in [3.8, 4) is 5.75 Å². The van der Waals surface area contributed by atoms with E-state index in [1.165, 1.54) is 12.1 Å². The van der Waals surface area contributed by atoms with Crippen molar-refractivity contribution in [1.29, 1.82) is 0 Å². The quantitative estimate of drug-likeness (QED) is 0.774. The standard InChI is InChI=1S/C16H26FNO2/c1-6-18-12(2)14-8-7-13(17)11-15(14)19-9-10-20-16(3,4)5/h7-8,11-12,18H,6,9-10H2,1-5H3. The van der Waals surface area contributed by atoms with Gasteiger partial charge in [0.05, 0.1) is 12.2 Å². The van der Waals surface area contributed by atoms with E-state index in [1.807, 2.05) is 34.6 Å². The van der Waals surface area contributed by atoms with Crippen molar-refractivity contribution >= 4 is 0 Å². The topological polar surface area (TPSA) is 30.5 Å². The number of halogens is 1. The van der Waals surface area contributed by atoms with Crippen LogP contribution in [0, 0.1) is 5.82 Å². The molecular weight excluding hydrogens is 257 g/mol. The van der Waals surface area contributed by atoms with E-state index in [-0.39, 0.29) is 17.5 Å². The highest BCUT2D eigenvalue weighted by atomic mass is 19.1. The number of nitrogens with one attached hydrogen (secondary N) is 1. The molecule has 4 heteroatoms. The lowest BCUT2D eigenvalue weighted by Crippen LogP contribution is -2.23. The summed E-state index contributed by atoms with van der Waals surface area (Å²) >= 11 is 0. The Kier molecular flexibility index (Phi) is 6.43. The SMILES string of the molecule is CCNC(C)c1ccc(F)cc1OCCOC(C)(C)C. The van der Waals surface area contributed by atoms with E-state index in [4.69, 9.17) is 9.47 Å². The smallest absolute Gasteiger partial charge is 0.127 e. The molecule has 0 heterocycles. The van der Waals surface area contributed by atoms with Crippen molar-refractivity contribution in [2.75, 3.05) is 19.8 Å². The van der Waals surface area contributed by atoms with Crippen LogP contribution < -0.4 is 10.1 Å². The fraction of sp³-hybridized carbons (Fsp3) is 0.625. The van der Waals surface area contributed by atoms with Crippen LogP contribution >= 0.6 is 0 Å². The second-order valence-corrected chi connectivity index (χ2v) is 5.77. The summed E-state index contributed by atoms with van der Waals surface area (Å²) in [6, 6.07) is 4.78. The maximum Gasteiger partial charge on any atom is 0.127 e. The lowest BCUT2D eigenvalue weighted by atomic mass is 10.1. The molecule has 114 valence electrons. The molecule has 20 heavy (non-hydrogen) atoms. The largest absolute Gasteiger partial charge is 0.491 e. The molecule has 0 amide bonds. The second kappa shape index (κ2) is 7.60. The Morgan fingerprint density at radius 2 is 1.95 bits per heavy atom. The van der Waals surface area contributed by atoms with E-state index >= 15 is 0 Å². The Morgan fingerprint density at radius 3 is 2.55 bits per heavy atom. The maximum absolute atomic E-state index is 13.4. The van der Waals surface area contributed by atoms with Gasteiger partial charge in [0.1, 0.15) is 18.2 Å². The average Bonchev–Trinajstić information content (AvgIpc) is 2.34. The first-order chi connectivity index (χ1) is 9.33. The highest BCUT2D eigenvalue weighted by molar-refractivity contribution is 5.36. The lowest BCUT2D eigenvalue weighted by molar-refractivity contribution is -0.0164. The molecule has 1 rings (SSSR count). The molecule has 0 aliphatic heterocycles. The predicted octanol–water partition coefficient (Wildman–Crippen LogP) is 3.69. The number of hydrogen-bond acceptors (Lipinski definition) is 3. The third kappa shape index (κ3) is 5.88. The molecule has 1 aromatic rings. The molecular formula is C16H26FNO2. The summed E-state index contributed by atoms with van der Waals surface area (Å²) in [5.41, 5.74) is 0.773. The fourth-order valence-electron chi connectivity index (χ4n) is 1.91. The summed E-state index contributed by atoms with van der Waals surface area (Å²) < 4.78 is 24.6. The summed E-state index contributed by atoms with van der Waals surface area (Å²) in [6.45, 7) is 11.8. The van der Waals surface area contributed by atoms with E-state index in [2.05, 4.69) is 5.32 Å². The van der Waals surface area contributed by atoms with Crippen LogP contribution in [0.15, 0.2) is 18.2 Å². The first-order valence-electron chi connectivity index (χ1n) is 7.13. The van der Waals surface area contributed by atoms with E-state index in [1.54, 1.807) is 6.07 Å². The van der Waals surface area contributed by atoms with Crippen molar-refractivity contribution in [2.45, 2.75) is 46.3 Å². The van der Waals surface area contributed by atoms with Crippen LogP contribution in [0.25, 0.3) is 0 Å². The molecule has 0 saturated heterocycles. The highest BCUT2D eigenvalue weighted by Crippen LogP contribution is 2.26. The minimum atomic E-state index is -0.288. The minimum Gasteiger partial charge on any atom is -0.491 e. The number of hydrogen-bond donors (Lipinski definition) is 1. The van der Waals surface area contributed by atoms with Gasteiger partial charge in [-0.05, 0) is 40.3 Å². The zero-order valence-corrected chi connectivity index (χ0v) is 13.1. The summed E-state index contributed by atoms with van der Waals surface area (Å²) in [5.74, 6) is 0.292. The van der Waals surface area contributed by atoms with E-state index < -0.39 is 0 Å².